The highest BCUT2D eigenvalue weighted by atomic mass is 35.5. The topological polar surface area (TPSA) is 58.6 Å². The highest BCUT2D eigenvalue weighted by Gasteiger charge is 2.32. The Morgan fingerprint density at radius 2 is 1.59 bits per heavy atom. The summed E-state index contributed by atoms with van der Waals surface area (Å²) >= 11 is 5.92. The highest BCUT2D eigenvalue weighted by Crippen LogP contribution is 2.19. The SMILES string of the molecule is CC(C)(C)NC(=O)C(Cc1ccccc1)N(Cc1ccc(F)cc1)C(=O)CCCOc1ccc(Cl)cc1. The number of nitrogens with zero attached hydrogens (tertiary/aromatic N) is 1. The molecule has 0 spiro atoms. The minimum atomic E-state index is -0.739. The largest absolute Gasteiger partial charge is 0.494 e. The van der Waals surface area contributed by atoms with Crippen molar-refractivity contribution in [1.29, 1.82) is 0 Å². The lowest BCUT2D eigenvalue weighted by Crippen LogP contribution is -2.54. The van der Waals surface area contributed by atoms with Crippen LogP contribution in [0.4, 0.5) is 4.39 Å². The Morgan fingerprint density at radius 1 is 0.946 bits per heavy atom. The predicted molar refractivity (Wildman–Crippen MR) is 145 cm³/mol. The van der Waals surface area contributed by atoms with Gasteiger partial charge in [-0.3, -0.25) is 9.59 Å². The Hall–Kier alpha value is -3.38. The van der Waals surface area contributed by atoms with E-state index in [1.54, 1.807) is 41.3 Å². The quantitative estimate of drug-likeness (QED) is 0.304. The molecule has 0 radical (unpaired) electrons. The first-order valence-electron chi connectivity index (χ1n) is 12.4. The second kappa shape index (κ2) is 13.2. The van der Waals surface area contributed by atoms with Gasteiger partial charge in [0, 0.05) is 29.9 Å². The van der Waals surface area contributed by atoms with Gasteiger partial charge in [0.25, 0.3) is 0 Å². The fraction of sp³-hybridized carbons (Fsp3) is 0.333. The molecule has 3 aromatic rings. The summed E-state index contributed by atoms with van der Waals surface area (Å²) in [6.07, 6.45) is 1.03. The molecule has 0 aromatic heterocycles. The standard InChI is InChI=1S/C30H34ClFN2O3/c1-30(2,3)33-29(36)27(20-22-8-5-4-6-9-22)34(21-23-11-15-25(32)16-12-23)28(35)10-7-19-37-26-17-13-24(31)14-18-26/h4-6,8-9,11-18,27H,7,10,19-21H2,1-3H3,(H,33,36). The van der Waals surface area contributed by atoms with Crippen molar-refractivity contribution in [2.75, 3.05) is 6.61 Å². The summed E-state index contributed by atoms with van der Waals surface area (Å²) in [6.45, 7) is 6.25. The number of amides is 2. The van der Waals surface area contributed by atoms with Crippen molar-refractivity contribution in [3.63, 3.8) is 0 Å². The summed E-state index contributed by atoms with van der Waals surface area (Å²) < 4.78 is 19.3. The summed E-state index contributed by atoms with van der Waals surface area (Å²) in [7, 11) is 0. The van der Waals surface area contributed by atoms with Gasteiger partial charge < -0.3 is 15.0 Å². The van der Waals surface area contributed by atoms with Crippen LogP contribution in [0.2, 0.25) is 5.02 Å². The molecule has 3 aromatic carbocycles. The minimum absolute atomic E-state index is 0.172. The lowest BCUT2D eigenvalue weighted by atomic mass is 10.00. The number of hydrogen-bond acceptors (Lipinski definition) is 3. The van der Waals surface area contributed by atoms with Crippen LogP contribution in [0.5, 0.6) is 5.75 Å². The average molecular weight is 525 g/mol. The van der Waals surface area contributed by atoms with Gasteiger partial charge in [0.05, 0.1) is 6.61 Å². The van der Waals surface area contributed by atoms with Crippen LogP contribution in [0.25, 0.3) is 0 Å². The van der Waals surface area contributed by atoms with E-state index in [9.17, 15) is 14.0 Å². The van der Waals surface area contributed by atoms with E-state index < -0.39 is 11.6 Å². The maximum Gasteiger partial charge on any atom is 0.243 e. The number of hydrogen-bond donors (Lipinski definition) is 1. The zero-order valence-electron chi connectivity index (χ0n) is 21.5. The van der Waals surface area contributed by atoms with Crippen molar-refractivity contribution in [2.24, 2.45) is 0 Å². The van der Waals surface area contributed by atoms with E-state index >= 15 is 0 Å². The normalized spacial score (nSPS) is 12.0. The van der Waals surface area contributed by atoms with E-state index in [4.69, 9.17) is 16.3 Å². The zero-order valence-corrected chi connectivity index (χ0v) is 22.3. The third-order valence-electron chi connectivity index (χ3n) is 5.65. The van der Waals surface area contributed by atoms with Gasteiger partial charge in [0.2, 0.25) is 11.8 Å². The molecule has 0 saturated heterocycles. The molecule has 196 valence electrons. The van der Waals surface area contributed by atoms with Gasteiger partial charge in [0.15, 0.2) is 0 Å². The van der Waals surface area contributed by atoms with Crippen LogP contribution in [0.1, 0.15) is 44.7 Å². The Bertz CT molecular complexity index is 1150. The molecule has 0 aliphatic carbocycles. The fourth-order valence-electron chi connectivity index (χ4n) is 3.88. The number of rotatable bonds is 11. The monoisotopic (exact) mass is 524 g/mol. The molecule has 0 bridgehead atoms. The first-order chi connectivity index (χ1) is 17.6. The molecule has 7 heteroatoms. The molecule has 3 rings (SSSR count). The van der Waals surface area contributed by atoms with Crippen molar-refractivity contribution in [2.45, 2.75) is 58.2 Å². The number of benzene rings is 3. The summed E-state index contributed by atoms with van der Waals surface area (Å²) in [6, 6.07) is 21.9. The van der Waals surface area contributed by atoms with Crippen molar-refractivity contribution in [3.05, 3.63) is 101 Å². The number of carbonyl (C=O) groups excluding carboxylic acids is 2. The molecule has 0 saturated carbocycles. The zero-order chi connectivity index (χ0) is 26.8. The number of ether oxygens (including phenoxy) is 1. The van der Waals surface area contributed by atoms with Crippen molar-refractivity contribution in [3.8, 4) is 5.75 Å². The van der Waals surface area contributed by atoms with Gasteiger partial charge >= 0.3 is 0 Å². The molecule has 1 atom stereocenters. The summed E-state index contributed by atoms with van der Waals surface area (Å²) in [4.78, 5) is 28.7. The van der Waals surface area contributed by atoms with E-state index in [0.29, 0.717) is 30.2 Å². The molecule has 0 heterocycles. The van der Waals surface area contributed by atoms with E-state index in [1.165, 1.54) is 12.1 Å². The predicted octanol–water partition coefficient (Wildman–Crippen LogP) is 6.19. The van der Waals surface area contributed by atoms with Gasteiger partial charge in [-0.15, -0.1) is 0 Å². The van der Waals surface area contributed by atoms with Crippen LogP contribution >= 0.6 is 11.6 Å². The van der Waals surface area contributed by atoms with Crippen molar-refractivity contribution in [1.82, 2.24) is 10.2 Å². The van der Waals surface area contributed by atoms with Crippen LogP contribution in [0, 0.1) is 5.82 Å². The lowest BCUT2D eigenvalue weighted by molar-refractivity contribution is -0.142. The van der Waals surface area contributed by atoms with Crippen LogP contribution in [-0.2, 0) is 22.6 Å². The lowest BCUT2D eigenvalue weighted by Gasteiger charge is -2.34. The van der Waals surface area contributed by atoms with Gasteiger partial charge in [-0.05, 0) is 74.7 Å². The van der Waals surface area contributed by atoms with Gasteiger partial charge in [-0.25, -0.2) is 4.39 Å². The number of nitrogens with one attached hydrogen (secondary N) is 1. The number of carbonyl (C=O) groups is 2. The molecule has 1 N–H and O–H groups in total. The van der Waals surface area contributed by atoms with E-state index in [0.717, 1.165) is 11.1 Å². The number of halogens is 2. The maximum atomic E-state index is 13.6. The van der Waals surface area contributed by atoms with Crippen molar-refractivity contribution < 1.29 is 18.7 Å². The molecule has 0 aliphatic heterocycles. The maximum absolute atomic E-state index is 13.6. The van der Waals surface area contributed by atoms with E-state index in [1.807, 2.05) is 51.1 Å². The third-order valence-corrected chi connectivity index (χ3v) is 5.90. The van der Waals surface area contributed by atoms with E-state index in [-0.39, 0.29) is 30.6 Å². The van der Waals surface area contributed by atoms with Gasteiger partial charge in [0.1, 0.15) is 17.6 Å². The Balaban J connectivity index is 1.80. The molecular formula is C30H34ClFN2O3. The summed E-state index contributed by atoms with van der Waals surface area (Å²) in [5.74, 6) is -0.0861. The molecule has 0 aliphatic rings. The highest BCUT2D eigenvalue weighted by molar-refractivity contribution is 6.30. The van der Waals surface area contributed by atoms with Crippen LogP contribution in [0.3, 0.4) is 0 Å². The van der Waals surface area contributed by atoms with Crippen LogP contribution in [-0.4, -0.2) is 34.9 Å². The van der Waals surface area contributed by atoms with Crippen LogP contribution in [0.15, 0.2) is 78.9 Å². The molecule has 37 heavy (non-hydrogen) atoms. The second-order valence-corrected chi connectivity index (χ2v) is 10.4. The molecule has 0 fully saturated rings. The molecule has 1 unspecified atom stereocenters. The summed E-state index contributed by atoms with van der Waals surface area (Å²) in [5.41, 5.74) is 1.22. The fourth-order valence-corrected chi connectivity index (χ4v) is 4.01. The third kappa shape index (κ3) is 9.54. The Morgan fingerprint density at radius 3 is 2.22 bits per heavy atom. The Kier molecular flexibility index (Phi) is 10.1. The van der Waals surface area contributed by atoms with E-state index in [2.05, 4.69) is 5.32 Å². The van der Waals surface area contributed by atoms with Crippen LogP contribution < -0.4 is 10.1 Å². The first kappa shape index (κ1) is 28.2. The van der Waals surface area contributed by atoms with Crippen molar-refractivity contribution >= 4 is 23.4 Å². The molecular weight excluding hydrogens is 491 g/mol. The van der Waals surface area contributed by atoms with Gasteiger partial charge in [-0.1, -0.05) is 54.1 Å². The second-order valence-electron chi connectivity index (χ2n) is 10.00. The Labute approximate surface area is 223 Å². The molecule has 5 nitrogen and oxygen atoms in total. The smallest absolute Gasteiger partial charge is 0.243 e. The van der Waals surface area contributed by atoms with Gasteiger partial charge in [-0.2, -0.15) is 0 Å². The molecule has 2 amide bonds. The minimum Gasteiger partial charge on any atom is -0.494 e. The summed E-state index contributed by atoms with van der Waals surface area (Å²) in [5, 5.41) is 3.66. The average Bonchev–Trinajstić information content (AvgIpc) is 2.85. The first-order valence-corrected chi connectivity index (χ1v) is 12.8.